The van der Waals surface area contributed by atoms with Gasteiger partial charge in [0, 0.05) is 13.1 Å². The predicted molar refractivity (Wildman–Crippen MR) is 148 cm³/mol. The molecule has 0 aromatic heterocycles. The maximum absolute atomic E-state index is 12.9. The van der Waals surface area contributed by atoms with Crippen molar-refractivity contribution in [2.45, 2.75) is 0 Å². The Morgan fingerprint density at radius 1 is 0.878 bits per heavy atom. The first-order valence-corrected chi connectivity index (χ1v) is 12.5. The van der Waals surface area contributed by atoms with E-state index < -0.39 is 17.8 Å². The molecule has 4 rings (SSSR count). The van der Waals surface area contributed by atoms with Crippen LogP contribution >= 0.6 is 0 Å². The number of hydrogen-bond donors (Lipinski definition) is 2. The summed E-state index contributed by atoms with van der Waals surface area (Å²) < 4.78 is 21.1. The molecule has 3 amide bonds. The van der Waals surface area contributed by atoms with E-state index in [0.29, 0.717) is 43.2 Å². The van der Waals surface area contributed by atoms with Crippen molar-refractivity contribution in [1.82, 2.24) is 10.3 Å². The fourth-order valence-corrected chi connectivity index (χ4v) is 3.85. The molecule has 0 atom stereocenters. The highest BCUT2D eigenvalue weighted by molar-refractivity contribution is 6.40. The van der Waals surface area contributed by atoms with E-state index >= 15 is 0 Å². The monoisotopic (exact) mass is 560 g/mol. The summed E-state index contributed by atoms with van der Waals surface area (Å²) in [6.45, 7) is 1.74. The average Bonchev–Trinajstić information content (AvgIpc) is 3.01. The third-order valence-electron chi connectivity index (χ3n) is 6.01. The molecule has 0 aliphatic carbocycles. The maximum Gasteiger partial charge on any atom is 0.343 e. The van der Waals surface area contributed by atoms with E-state index in [1.54, 1.807) is 59.5 Å². The van der Waals surface area contributed by atoms with Gasteiger partial charge in [0.25, 0.3) is 5.91 Å². The molecule has 0 spiro atoms. The number of benzene rings is 3. The van der Waals surface area contributed by atoms with Gasteiger partial charge in [0.2, 0.25) is 0 Å². The Labute approximate surface area is 235 Å². The molecule has 2 N–H and O–H groups in total. The molecule has 1 heterocycles. The van der Waals surface area contributed by atoms with Gasteiger partial charge in [-0.2, -0.15) is 5.10 Å². The third-order valence-corrected chi connectivity index (χ3v) is 6.01. The molecule has 12 nitrogen and oxygen atoms in total. The van der Waals surface area contributed by atoms with Crippen LogP contribution in [0.3, 0.4) is 0 Å². The number of esters is 1. The number of morpholine rings is 1. The van der Waals surface area contributed by atoms with Gasteiger partial charge < -0.3 is 29.2 Å². The zero-order chi connectivity index (χ0) is 29.2. The second-order valence-corrected chi connectivity index (χ2v) is 8.63. The third kappa shape index (κ3) is 7.46. The molecular weight excluding hydrogens is 532 g/mol. The van der Waals surface area contributed by atoms with Crippen LogP contribution in [-0.2, 0) is 14.3 Å². The van der Waals surface area contributed by atoms with Crippen molar-refractivity contribution in [3.63, 3.8) is 0 Å². The SMILES string of the molecule is COc1ccc(C(=O)Oc2ccc(/C=N/NC(=O)C(=O)Nc3ccccc3C(=O)N3CCOCC3)cc2OC)cc1. The Bertz CT molecular complexity index is 1450. The van der Waals surface area contributed by atoms with Crippen LogP contribution < -0.4 is 25.0 Å². The summed E-state index contributed by atoms with van der Waals surface area (Å²) >= 11 is 0. The summed E-state index contributed by atoms with van der Waals surface area (Å²) in [6, 6.07) is 17.5. The molecular formula is C29H28N4O8. The molecule has 0 unspecified atom stereocenters. The Morgan fingerprint density at radius 3 is 2.32 bits per heavy atom. The fraction of sp³-hybridized carbons (Fsp3) is 0.207. The van der Waals surface area contributed by atoms with Crippen molar-refractivity contribution in [2.75, 3.05) is 45.8 Å². The van der Waals surface area contributed by atoms with Crippen LogP contribution in [0.2, 0.25) is 0 Å². The normalized spacial score (nSPS) is 12.9. The number of carbonyl (C=O) groups is 4. The second kappa shape index (κ2) is 13.7. The van der Waals surface area contributed by atoms with E-state index in [2.05, 4.69) is 15.8 Å². The number of amides is 3. The van der Waals surface area contributed by atoms with Crippen LogP contribution in [-0.4, -0.2) is 75.3 Å². The molecule has 0 radical (unpaired) electrons. The Morgan fingerprint density at radius 2 is 1.61 bits per heavy atom. The van der Waals surface area contributed by atoms with Gasteiger partial charge in [0.05, 0.1) is 50.5 Å². The first kappa shape index (κ1) is 28.8. The molecule has 12 heteroatoms. The topological polar surface area (TPSA) is 145 Å². The molecule has 0 saturated carbocycles. The Kier molecular flexibility index (Phi) is 9.62. The number of methoxy groups -OCH3 is 2. The molecule has 3 aromatic rings. The Hall–Kier alpha value is -5.23. The molecule has 3 aromatic carbocycles. The number of hydrazone groups is 1. The lowest BCUT2D eigenvalue weighted by Crippen LogP contribution is -2.41. The van der Waals surface area contributed by atoms with E-state index in [0.717, 1.165) is 0 Å². The fourth-order valence-electron chi connectivity index (χ4n) is 3.85. The number of para-hydroxylation sites is 1. The first-order chi connectivity index (χ1) is 19.9. The van der Waals surface area contributed by atoms with Crippen LogP contribution in [0, 0.1) is 0 Å². The highest BCUT2D eigenvalue weighted by Crippen LogP contribution is 2.28. The predicted octanol–water partition coefficient (Wildman–Crippen LogP) is 2.48. The van der Waals surface area contributed by atoms with Crippen molar-refractivity contribution in [1.29, 1.82) is 0 Å². The summed E-state index contributed by atoms with van der Waals surface area (Å²) in [7, 11) is 2.94. The van der Waals surface area contributed by atoms with Gasteiger partial charge in [-0.25, -0.2) is 10.2 Å². The van der Waals surface area contributed by atoms with Crippen LogP contribution in [0.5, 0.6) is 17.2 Å². The minimum atomic E-state index is -1.04. The molecule has 0 bridgehead atoms. The van der Waals surface area contributed by atoms with Gasteiger partial charge in [-0.3, -0.25) is 14.4 Å². The zero-order valence-corrected chi connectivity index (χ0v) is 22.4. The minimum absolute atomic E-state index is 0.180. The molecule has 41 heavy (non-hydrogen) atoms. The van der Waals surface area contributed by atoms with Crippen molar-refractivity contribution < 1.29 is 38.1 Å². The lowest BCUT2D eigenvalue weighted by atomic mass is 10.1. The highest BCUT2D eigenvalue weighted by atomic mass is 16.6. The van der Waals surface area contributed by atoms with Crippen LogP contribution in [0.4, 0.5) is 5.69 Å². The van der Waals surface area contributed by atoms with Crippen molar-refractivity contribution in [3.05, 3.63) is 83.4 Å². The van der Waals surface area contributed by atoms with Gasteiger partial charge >= 0.3 is 17.8 Å². The van der Waals surface area contributed by atoms with Gasteiger partial charge in [0.1, 0.15) is 5.75 Å². The molecule has 1 aliphatic rings. The van der Waals surface area contributed by atoms with Crippen molar-refractivity contribution in [2.24, 2.45) is 5.10 Å². The first-order valence-electron chi connectivity index (χ1n) is 12.5. The van der Waals surface area contributed by atoms with Crippen LogP contribution in [0.25, 0.3) is 0 Å². The average molecular weight is 561 g/mol. The summed E-state index contributed by atoms with van der Waals surface area (Å²) in [5.41, 5.74) is 3.44. The van der Waals surface area contributed by atoms with Gasteiger partial charge in [-0.1, -0.05) is 12.1 Å². The van der Waals surface area contributed by atoms with Crippen LogP contribution in [0.15, 0.2) is 71.8 Å². The molecule has 1 aliphatic heterocycles. The van der Waals surface area contributed by atoms with E-state index in [9.17, 15) is 19.2 Å². The number of anilines is 1. The van der Waals surface area contributed by atoms with Gasteiger partial charge in [0.15, 0.2) is 11.5 Å². The summed E-state index contributed by atoms with van der Waals surface area (Å²) in [6.07, 6.45) is 1.29. The standard InChI is InChI=1S/C29H28N4O8/c1-38-21-10-8-20(9-11-21)29(37)41-24-12-7-19(17-25(24)39-2)18-30-32-27(35)26(34)31-23-6-4-3-5-22(23)28(36)33-13-15-40-16-14-33/h3-12,17-18H,13-16H2,1-2H3,(H,31,34)(H,32,35)/b30-18+. The molecule has 212 valence electrons. The number of nitrogens with one attached hydrogen (secondary N) is 2. The number of nitrogens with zero attached hydrogens (tertiary/aromatic N) is 2. The van der Waals surface area contributed by atoms with E-state index in [1.807, 2.05) is 0 Å². The smallest absolute Gasteiger partial charge is 0.343 e. The van der Waals surface area contributed by atoms with Gasteiger partial charge in [-0.05, 0) is 60.2 Å². The van der Waals surface area contributed by atoms with Crippen molar-refractivity contribution in [3.8, 4) is 17.2 Å². The lowest BCUT2D eigenvalue weighted by molar-refractivity contribution is -0.136. The lowest BCUT2D eigenvalue weighted by Gasteiger charge is -2.27. The zero-order valence-electron chi connectivity index (χ0n) is 22.4. The number of rotatable bonds is 8. The number of hydrogen-bond acceptors (Lipinski definition) is 9. The molecule has 1 saturated heterocycles. The summed E-state index contributed by atoms with van der Waals surface area (Å²) in [5, 5.41) is 6.28. The maximum atomic E-state index is 12.9. The number of carbonyl (C=O) groups excluding carboxylic acids is 4. The van der Waals surface area contributed by atoms with Crippen molar-refractivity contribution >= 4 is 35.6 Å². The van der Waals surface area contributed by atoms with E-state index in [1.165, 1.54) is 32.6 Å². The van der Waals surface area contributed by atoms with Crippen LogP contribution in [0.1, 0.15) is 26.3 Å². The Balaban J connectivity index is 1.35. The minimum Gasteiger partial charge on any atom is -0.497 e. The quantitative estimate of drug-likeness (QED) is 0.141. The summed E-state index contributed by atoms with van der Waals surface area (Å²) in [4.78, 5) is 51.8. The number of ether oxygens (including phenoxy) is 4. The van der Waals surface area contributed by atoms with E-state index in [4.69, 9.17) is 18.9 Å². The largest absolute Gasteiger partial charge is 0.497 e. The van der Waals surface area contributed by atoms with E-state index in [-0.39, 0.29) is 28.7 Å². The highest BCUT2D eigenvalue weighted by Gasteiger charge is 2.23. The summed E-state index contributed by atoms with van der Waals surface area (Å²) in [5.74, 6) is -1.85. The molecule has 1 fully saturated rings. The second-order valence-electron chi connectivity index (χ2n) is 8.63. The van der Waals surface area contributed by atoms with Gasteiger partial charge in [-0.15, -0.1) is 0 Å².